The zero-order valence-electron chi connectivity index (χ0n) is 3.62. The Bertz CT molecular complexity index is 42.2. The zero-order valence-corrected chi connectivity index (χ0v) is 4.43. The van der Waals surface area contributed by atoms with Crippen LogP contribution >= 0.6 is 11.8 Å². The van der Waals surface area contributed by atoms with Crippen LogP contribution in [-0.2, 0) is 0 Å². The first-order chi connectivity index (χ1) is 2.27. The SMILES string of the molecule is B=C(C)SC. The van der Waals surface area contributed by atoms with Crippen molar-refractivity contribution in [2.24, 2.45) is 0 Å². The van der Waals surface area contributed by atoms with Gasteiger partial charge in [-0.1, -0.05) is 0 Å². The van der Waals surface area contributed by atoms with E-state index in [9.17, 15) is 0 Å². The van der Waals surface area contributed by atoms with Gasteiger partial charge in [0.05, 0.1) is 0 Å². The molecule has 0 aromatic heterocycles. The summed E-state index contributed by atoms with van der Waals surface area (Å²) in [6.45, 7) is 1.99. The van der Waals surface area contributed by atoms with Gasteiger partial charge in [-0.05, 0) is 0 Å². The van der Waals surface area contributed by atoms with Gasteiger partial charge in [0.15, 0.2) is 0 Å². The monoisotopic (exact) mass is 86.0 g/mol. The molecule has 0 aromatic rings. The summed E-state index contributed by atoms with van der Waals surface area (Å²) in [5.74, 6) is 0. The van der Waals surface area contributed by atoms with Gasteiger partial charge in [-0.15, -0.1) is 0 Å². The van der Waals surface area contributed by atoms with Crippen LogP contribution in [0, 0.1) is 0 Å². The number of hydrogen-bond donors (Lipinski definition) is 0. The molecule has 0 saturated carbocycles. The molecule has 0 spiro atoms. The van der Waals surface area contributed by atoms with Gasteiger partial charge in [-0.3, -0.25) is 0 Å². The Hall–Kier alpha value is 0.285. The summed E-state index contributed by atoms with van der Waals surface area (Å²) in [4.78, 5) is 1.17. The van der Waals surface area contributed by atoms with Gasteiger partial charge < -0.3 is 0 Å². The van der Waals surface area contributed by atoms with E-state index >= 15 is 0 Å². The van der Waals surface area contributed by atoms with Gasteiger partial charge in [0, 0.05) is 0 Å². The third-order valence-corrected chi connectivity index (χ3v) is 1.05. The fourth-order valence-corrected chi connectivity index (χ4v) is 0. The normalized spacial score (nSPS) is 7.40. The molecule has 0 bridgehead atoms. The third-order valence-electron chi connectivity index (χ3n) is 0.348. The van der Waals surface area contributed by atoms with E-state index < -0.39 is 0 Å². The number of rotatable bonds is 1. The van der Waals surface area contributed by atoms with Crippen molar-refractivity contribution in [3.8, 4) is 0 Å². The molecule has 0 aliphatic rings. The molecule has 0 fully saturated rings. The summed E-state index contributed by atoms with van der Waals surface area (Å²) in [7, 11) is 3.64. The van der Waals surface area contributed by atoms with E-state index in [1.165, 1.54) is 4.80 Å². The second-order valence-electron chi connectivity index (χ2n) is 0.906. The van der Waals surface area contributed by atoms with Gasteiger partial charge in [-0.25, -0.2) is 0 Å². The second kappa shape index (κ2) is 2.52. The van der Waals surface area contributed by atoms with Gasteiger partial charge in [-0.2, -0.15) is 0 Å². The standard InChI is InChI=1S/C3H7BS/c1-3(4)5-2/h4H,1-2H3. The van der Waals surface area contributed by atoms with Crippen LogP contribution in [0.2, 0.25) is 0 Å². The van der Waals surface area contributed by atoms with E-state index in [1.807, 2.05) is 13.2 Å². The van der Waals surface area contributed by atoms with Crippen molar-refractivity contribution in [2.45, 2.75) is 6.92 Å². The average molecular weight is 86.0 g/mol. The molecule has 0 saturated heterocycles. The molecule has 0 unspecified atom stereocenters. The van der Waals surface area contributed by atoms with Crippen LogP contribution in [0.15, 0.2) is 0 Å². The third kappa shape index (κ3) is 4.28. The summed E-state index contributed by atoms with van der Waals surface area (Å²) >= 11 is 1.69. The van der Waals surface area contributed by atoms with Crippen molar-refractivity contribution in [1.82, 2.24) is 0 Å². The maximum atomic E-state index is 3.64. The van der Waals surface area contributed by atoms with E-state index in [-0.39, 0.29) is 0 Å². The Morgan fingerprint density at radius 1 is 1.80 bits per heavy atom. The van der Waals surface area contributed by atoms with Crippen molar-refractivity contribution in [2.75, 3.05) is 6.26 Å². The van der Waals surface area contributed by atoms with Gasteiger partial charge in [0.1, 0.15) is 0 Å². The number of thioether (sulfide) groups is 1. The van der Waals surface area contributed by atoms with Crippen molar-refractivity contribution in [1.29, 1.82) is 0 Å². The van der Waals surface area contributed by atoms with Crippen LogP contribution in [0.4, 0.5) is 0 Å². The Balaban J connectivity index is 2.85. The molecule has 0 atom stereocenters. The van der Waals surface area contributed by atoms with Crippen molar-refractivity contribution < 1.29 is 0 Å². The molecule has 0 N–H and O–H groups in total. The first-order valence-corrected chi connectivity index (χ1v) is 2.69. The Kier molecular flexibility index (Phi) is 2.66. The van der Waals surface area contributed by atoms with Crippen molar-refractivity contribution in [3.05, 3.63) is 0 Å². The summed E-state index contributed by atoms with van der Waals surface area (Å²) < 4.78 is 0. The van der Waals surface area contributed by atoms with Gasteiger partial charge in [0.25, 0.3) is 0 Å². The van der Waals surface area contributed by atoms with E-state index in [0.29, 0.717) is 0 Å². The van der Waals surface area contributed by atoms with Gasteiger partial charge in [0.2, 0.25) is 0 Å². The minimum atomic E-state index is 1.17. The molecule has 28 valence electrons. The molecule has 0 radical (unpaired) electrons. The van der Waals surface area contributed by atoms with E-state index in [4.69, 9.17) is 0 Å². The summed E-state index contributed by atoms with van der Waals surface area (Å²) in [5.41, 5.74) is 0. The summed E-state index contributed by atoms with van der Waals surface area (Å²) in [5, 5.41) is 0. The molecule has 5 heavy (non-hydrogen) atoms. The molecular weight excluding hydrogens is 78.9 g/mol. The topological polar surface area (TPSA) is 0 Å². The molecular formula is C3H7BS. The van der Waals surface area contributed by atoms with Crippen LogP contribution in [-0.4, -0.2) is 18.5 Å². The van der Waals surface area contributed by atoms with Crippen LogP contribution < -0.4 is 0 Å². The first-order valence-electron chi connectivity index (χ1n) is 1.47. The van der Waals surface area contributed by atoms with Crippen molar-refractivity contribution in [3.63, 3.8) is 0 Å². The molecule has 0 aliphatic heterocycles. The molecule has 0 nitrogen and oxygen atoms in total. The molecule has 0 rings (SSSR count). The molecule has 2 heteroatoms. The first kappa shape index (κ1) is 5.28. The average Bonchev–Trinajstić information content (AvgIpc) is 1.38. The molecule has 0 amide bonds. The fourth-order valence-electron chi connectivity index (χ4n) is 0. The van der Waals surface area contributed by atoms with Crippen molar-refractivity contribution >= 4 is 24.0 Å². The van der Waals surface area contributed by atoms with Crippen LogP contribution in [0.25, 0.3) is 0 Å². The van der Waals surface area contributed by atoms with Crippen LogP contribution in [0.5, 0.6) is 0 Å². The Labute approximate surface area is 38.0 Å². The fraction of sp³-hybridized carbons (Fsp3) is 0.667. The van der Waals surface area contributed by atoms with Crippen LogP contribution in [0.1, 0.15) is 6.92 Å². The Morgan fingerprint density at radius 2 is 2.00 bits per heavy atom. The van der Waals surface area contributed by atoms with Crippen LogP contribution in [0.3, 0.4) is 0 Å². The van der Waals surface area contributed by atoms with E-state index in [2.05, 4.69) is 7.49 Å². The maximum absolute atomic E-state index is 3.64. The minimum absolute atomic E-state index is 1.17. The second-order valence-corrected chi connectivity index (χ2v) is 2.01. The predicted molar refractivity (Wildman–Crippen MR) is 31.3 cm³/mol. The summed E-state index contributed by atoms with van der Waals surface area (Å²) in [6.07, 6.45) is 2.02. The Morgan fingerprint density at radius 3 is 2.00 bits per heavy atom. The number of hydrogen-bond acceptors (Lipinski definition) is 1. The van der Waals surface area contributed by atoms with E-state index in [0.717, 1.165) is 0 Å². The quantitative estimate of drug-likeness (QED) is 0.416. The zero-order chi connectivity index (χ0) is 4.28. The molecule has 0 heterocycles. The predicted octanol–water partition coefficient (Wildman–Crippen LogP) is 0.400. The van der Waals surface area contributed by atoms with Gasteiger partial charge >= 0.3 is 37.2 Å². The molecule has 0 aliphatic carbocycles. The molecule has 0 aromatic carbocycles. The van der Waals surface area contributed by atoms with E-state index in [1.54, 1.807) is 11.8 Å². The summed E-state index contributed by atoms with van der Waals surface area (Å²) in [6, 6.07) is 0.